The van der Waals surface area contributed by atoms with Crippen LogP contribution in [0.3, 0.4) is 0 Å². The smallest absolute Gasteiger partial charge is 0.255 e. The molecule has 0 fully saturated rings. The van der Waals surface area contributed by atoms with Crippen LogP contribution < -0.4 is 14.8 Å². The fourth-order valence-corrected chi connectivity index (χ4v) is 3.68. The molecule has 0 saturated heterocycles. The molecule has 0 unspecified atom stereocenters. The third-order valence-electron chi connectivity index (χ3n) is 4.76. The van der Waals surface area contributed by atoms with E-state index in [1.54, 1.807) is 25.3 Å². The molecule has 1 N–H and O–H groups in total. The van der Waals surface area contributed by atoms with Crippen molar-refractivity contribution in [3.63, 3.8) is 0 Å². The van der Waals surface area contributed by atoms with Crippen molar-refractivity contribution < 1.29 is 14.3 Å². The van der Waals surface area contributed by atoms with Gasteiger partial charge >= 0.3 is 0 Å². The summed E-state index contributed by atoms with van der Waals surface area (Å²) in [7, 11) is 1.61. The van der Waals surface area contributed by atoms with E-state index in [1.165, 1.54) is 0 Å². The van der Waals surface area contributed by atoms with Crippen LogP contribution in [0, 0.1) is 0 Å². The van der Waals surface area contributed by atoms with Crippen molar-refractivity contribution in [2.75, 3.05) is 12.4 Å². The Kier molecular flexibility index (Phi) is 6.00. The van der Waals surface area contributed by atoms with Crippen molar-refractivity contribution in [1.82, 2.24) is 0 Å². The Labute approximate surface area is 183 Å². The molecule has 0 bridgehead atoms. The van der Waals surface area contributed by atoms with E-state index in [4.69, 9.17) is 9.47 Å². The molecule has 0 radical (unpaired) electrons. The van der Waals surface area contributed by atoms with Crippen LogP contribution in [0.5, 0.6) is 11.5 Å². The highest BCUT2D eigenvalue weighted by atomic mass is 79.9. The van der Waals surface area contributed by atoms with Crippen LogP contribution in [0.1, 0.15) is 15.9 Å². The number of ether oxygens (including phenoxy) is 2. The standard InChI is InChI=1S/C25H20BrNO3/c1-29-23-13-12-18(25(28)27-21-9-5-8-20(26)15-21)14-19(23)16-30-24-11-4-7-17-6-2-3-10-22(17)24/h2-15H,16H2,1H3,(H,27,28). The summed E-state index contributed by atoms with van der Waals surface area (Å²) in [6.45, 7) is 0.287. The van der Waals surface area contributed by atoms with E-state index in [1.807, 2.05) is 54.6 Å². The average molecular weight is 462 g/mol. The zero-order valence-electron chi connectivity index (χ0n) is 16.4. The normalized spacial score (nSPS) is 10.6. The number of hydrogen-bond acceptors (Lipinski definition) is 3. The molecule has 0 aromatic heterocycles. The minimum atomic E-state index is -0.192. The van der Waals surface area contributed by atoms with Gasteiger partial charge in [-0.05, 0) is 47.9 Å². The van der Waals surface area contributed by atoms with Crippen LogP contribution in [0.2, 0.25) is 0 Å². The van der Waals surface area contributed by atoms with Crippen LogP contribution in [0.15, 0.2) is 89.4 Å². The molecule has 30 heavy (non-hydrogen) atoms. The van der Waals surface area contributed by atoms with Crippen molar-refractivity contribution >= 4 is 38.3 Å². The largest absolute Gasteiger partial charge is 0.496 e. The number of anilines is 1. The Hall–Kier alpha value is -3.31. The lowest BCUT2D eigenvalue weighted by Gasteiger charge is -2.14. The van der Waals surface area contributed by atoms with Crippen molar-refractivity contribution in [3.8, 4) is 11.5 Å². The van der Waals surface area contributed by atoms with Crippen LogP contribution in [-0.2, 0) is 6.61 Å². The fourth-order valence-electron chi connectivity index (χ4n) is 3.28. The molecule has 4 nitrogen and oxygen atoms in total. The Balaban J connectivity index is 1.56. The minimum Gasteiger partial charge on any atom is -0.496 e. The van der Waals surface area contributed by atoms with E-state index in [2.05, 4.69) is 33.4 Å². The highest BCUT2D eigenvalue weighted by Gasteiger charge is 2.12. The lowest BCUT2D eigenvalue weighted by Crippen LogP contribution is -2.12. The second-order valence-corrected chi connectivity index (χ2v) is 7.67. The summed E-state index contributed by atoms with van der Waals surface area (Å²) in [6, 6.07) is 26.9. The zero-order chi connectivity index (χ0) is 20.9. The number of methoxy groups -OCH3 is 1. The van der Waals surface area contributed by atoms with E-state index in [0.717, 1.165) is 32.2 Å². The number of halogens is 1. The van der Waals surface area contributed by atoms with E-state index >= 15 is 0 Å². The van der Waals surface area contributed by atoms with E-state index in [9.17, 15) is 4.79 Å². The molecule has 0 aliphatic carbocycles. The number of carbonyl (C=O) groups excluding carboxylic acids is 1. The number of benzene rings is 4. The molecule has 0 spiro atoms. The lowest BCUT2D eigenvalue weighted by molar-refractivity contribution is 0.102. The van der Waals surface area contributed by atoms with Gasteiger partial charge in [-0.2, -0.15) is 0 Å². The van der Waals surface area contributed by atoms with Crippen molar-refractivity contribution in [2.24, 2.45) is 0 Å². The molecule has 0 heterocycles. The van der Waals surface area contributed by atoms with Gasteiger partial charge in [0.05, 0.1) is 7.11 Å². The van der Waals surface area contributed by atoms with Crippen molar-refractivity contribution in [3.05, 3.63) is 101 Å². The summed E-state index contributed by atoms with van der Waals surface area (Å²) in [4.78, 5) is 12.7. The highest BCUT2D eigenvalue weighted by Crippen LogP contribution is 2.28. The van der Waals surface area contributed by atoms with Gasteiger partial charge in [-0.1, -0.05) is 58.4 Å². The Bertz CT molecular complexity index is 1200. The third kappa shape index (κ3) is 4.47. The van der Waals surface area contributed by atoms with E-state index in [0.29, 0.717) is 11.3 Å². The van der Waals surface area contributed by atoms with Gasteiger partial charge < -0.3 is 14.8 Å². The first-order valence-corrected chi connectivity index (χ1v) is 10.3. The predicted molar refractivity (Wildman–Crippen MR) is 123 cm³/mol. The molecule has 1 amide bonds. The van der Waals surface area contributed by atoms with Gasteiger partial charge in [-0.15, -0.1) is 0 Å². The number of rotatable bonds is 6. The molecule has 4 rings (SSSR count). The quantitative estimate of drug-likeness (QED) is 0.359. The summed E-state index contributed by atoms with van der Waals surface area (Å²) < 4.78 is 12.5. The molecule has 4 aromatic rings. The van der Waals surface area contributed by atoms with Gasteiger partial charge in [0.1, 0.15) is 18.1 Å². The summed E-state index contributed by atoms with van der Waals surface area (Å²) in [6.07, 6.45) is 0. The topological polar surface area (TPSA) is 47.6 Å². The zero-order valence-corrected chi connectivity index (χ0v) is 18.0. The highest BCUT2D eigenvalue weighted by molar-refractivity contribution is 9.10. The van der Waals surface area contributed by atoms with Gasteiger partial charge in [0.2, 0.25) is 0 Å². The van der Waals surface area contributed by atoms with Gasteiger partial charge in [0, 0.05) is 26.7 Å². The summed E-state index contributed by atoms with van der Waals surface area (Å²) in [5, 5.41) is 5.07. The minimum absolute atomic E-state index is 0.192. The molecule has 5 heteroatoms. The Morgan fingerprint density at radius 3 is 2.53 bits per heavy atom. The molecule has 0 atom stereocenters. The first-order chi connectivity index (χ1) is 14.6. The predicted octanol–water partition coefficient (Wildman–Crippen LogP) is 6.44. The Morgan fingerprint density at radius 2 is 1.70 bits per heavy atom. The number of fused-ring (bicyclic) bond motifs is 1. The number of amides is 1. The maximum atomic E-state index is 12.7. The molecular weight excluding hydrogens is 442 g/mol. The van der Waals surface area contributed by atoms with Gasteiger partial charge in [-0.25, -0.2) is 0 Å². The monoisotopic (exact) mass is 461 g/mol. The van der Waals surface area contributed by atoms with Crippen LogP contribution in [0.25, 0.3) is 10.8 Å². The summed E-state index contributed by atoms with van der Waals surface area (Å²) in [5.41, 5.74) is 2.05. The van der Waals surface area contributed by atoms with Crippen molar-refractivity contribution in [1.29, 1.82) is 0 Å². The summed E-state index contributed by atoms with van der Waals surface area (Å²) >= 11 is 3.41. The second-order valence-electron chi connectivity index (χ2n) is 6.76. The van der Waals surface area contributed by atoms with Crippen LogP contribution in [0.4, 0.5) is 5.69 Å². The molecule has 150 valence electrons. The molecule has 0 aliphatic heterocycles. The average Bonchev–Trinajstić information content (AvgIpc) is 2.77. The maximum absolute atomic E-state index is 12.7. The van der Waals surface area contributed by atoms with E-state index < -0.39 is 0 Å². The van der Waals surface area contributed by atoms with Gasteiger partial charge in [0.25, 0.3) is 5.91 Å². The van der Waals surface area contributed by atoms with Gasteiger partial charge in [-0.3, -0.25) is 4.79 Å². The Morgan fingerprint density at radius 1 is 0.900 bits per heavy atom. The fraction of sp³-hybridized carbons (Fsp3) is 0.0800. The SMILES string of the molecule is COc1ccc(C(=O)Nc2cccc(Br)c2)cc1COc1cccc2ccccc12. The number of carbonyl (C=O) groups is 1. The number of nitrogens with one attached hydrogen (secondary N) is 1. The van der Waals surface area contributed by atoms with Gasteiger partial charge in [0.15, 0.2) is 0 Å². The molecule has 4 aromatic carbocycles. The first-order valence-electron chi connectivity index (χ1n) is 9.48. The lowest BCUT2D eigenvalue weighted by atomic mass is 10.1. The maximum Gasteiger partial charge on any atom is 0.255 e. The second kappa shape index (κ2) is 9.01. The van der Waals surface area contributed by atoms with E-state index in [-0.39, 0.29) is 12.5 Å². The summed E-state index contributed by atoms with van der Waals surface area (Å²) in [5.74, 6) is 1.27. The third-order valence-corrected chi connectivity index (χ3v) is 5.25. The molecular formula is C25H20BrNO3. The number of hydrogen-bond donors (Lipinski definition) is 1. The molecule has 0 aliphatic rings. The van der Waals surface area contributed by atoms with Crippen LogP contribution >= 0.6 is 15.9 Å². The molecule has 0 saturated carbocycles. The van der Waals surface area contributed by atoms with Crippen LogP contribution in [-0.4, -0.2) is 13.0 Å². The van der Waals surface area contributed by atoms with Crippen molar-refractivity contribution in [2.45, 2.75) is 6.61 Å². The first kappa shape index (κ1) is 20.0.